The quantitative estimate of drug-likeness (QED) is 0.551. The Morgan fingerprint density at radius 1 is 1.00 bits per heavy atom. The van der Waals surface area contributed by atoms with Crippen LogP contribution < -0.4 is 0 Å². The first-order valence-corrected chi connectivity index (χ1v) is 6.64. The number of allylic oxidation sites excluding steroid dienone is 2. The highest BCUT2D eigenvalue weighted by Crippen LogP contribution is 2.40. The van der Waals surface area contributed by atoms with E-state index in [-0.39, 0.29) is 0 Å². The lowest BCUT2D eigenvalue weighted by Gasteiger charge is -2.12. The Bertz CT molecular complexity index is 605. The summed E-state index contributed by atoms with van der Waals surface area (Å²) in [7, 11) is 0. The maximum atomic E-state index is 2.28. The minimum absolute atomic E-state index is 0.499. The molecule has 0 fully saturated rings. The van der Waals surface area contributed by atoms with E-state index in [9.17, 15) is 0 Å². The summed E-state index contributed by atoms with van der Waals surface area (Å²) in [6, 6.07) is 15.5. The highest BCUT2D eigenvalue weighted by molar-refractivity contribution is 5.78. The van der Waals surface area contributed by atoms with Gasteiger partial charge >= 0.3 is 0 Å². The van der Waals surface area contributed by atoms with E-state index >= 15 is 0 Å². The summed E-state index contributed by atoms with van der Waals surface area (Å²) in [6.07, 6.45) is 5.51. The summed E-state index contributed by atoms with van der Waals surface area (Å²) >= 11 is 0. The summed E-state index contributed by atoms with van der Waals surface area (Å²) in [5.41, 5.74) is 7.31. The number of fused-ring (bicyclic) bond motifs is 3. The van der Waals surface area contributed by atoms with E-state index in [1.165, 1.54) is 27.8 Å². The Morgan fingerprint density at radius 2 is 1.78 bits per heavy atom. The van der Waals surface area contributed by atoms with Crippen molar-refractivity contribution in [1.82, 2.24) is 0 Å². The zero-order chi connectivity index (χ0) is 12.5. The van der Waals surface area contributed by atoms with Gasteiger partial charge in [0.25, 0.3) is 0 Å². The molecular formula is C18H18. The molecule has 18 heavy (non-hydrogen) atoms. The smallest absolute Gasteiger partial charge is 0.000748 e. The van der Waals surface area contributed by atoms with Crippen LogP contribution in [0.15, 0.2) is 54.6 Å². The van der Waals surface area contributed by atoms with E-state index in [2.05, 4.69) is 68.5 Å². The summed E-state index contributed by atoms with van der Waals surface area (Å²) < 4.78 is 0. The van der Waals surface area contributed by atoms with Crippen molar-refractivity contribution in [3.05, 3.63) is 71.3 Å². The van der Waals surface area contributed by atoms with Crippen molar-refractivity contribution in [1.29, 1.82) is 0 Å². The first-order chi connectivity index (χ1) is 8.81. The van der Waals surface area contributed by atoms with Crippen LogP contribution in [0.4, 0.5) is 0 Å². The van der Waals surface area contributed by atoms with Crippen LogP contribution >= 0.6 is 0 Å². The zero-order valence-corrected chi connectivity index (χ0v) is 11.0. The third kappa shape index (κ3) is 1.69. The van der Waals surface area contributed by atoms with Crippen molar-refractivity contribution < 1.29 is 0 Å². The lowest BCUT2D eigenvalue weighted by molar-refractivity contribution is 0.942. The van der Waals surface area contributed by atoms with E-state index in [1.54, 1.807) is 0 Å². The molecule has 0 N–H and O–H groups in total. The standard InChI is InChI=1S/C18H18/c1-3-7-13(2)15-10-6-11-17-16-9-5-4-8-14(16)12-18(15)17/h3-11,13H,12H2,1-2H3. The second-order valence-electron chi connectivity index (χ2n) is 5.02. The van der Waals surface area contributed by atoms with Gasteiger partial charge in [-0.25, -0.2) is 0 Å². The van der Waals surface area contributed by atoms with Gasteiger partial charge in [-0.1, -0.05) is 61.5 Å². The molecule has 1 atom stereocenters. The average molecular weight is 234 g/mol. The van der Waals surface area contributed by atoms with Crippen LogP contribution in [0.2, 0.25) is 0 Å². The predicted molar refractivity (Wildman–Crippen MR) is 77.9 cm³/mol. The molecule has 0 nitrogen and oxygen atoms in total. The van der Waals surface area contributed by atoms with E-state index in [4.69, 9.17) is 0 Å². The molecule has 0 radical (unpaired) electrons. The van der Waals surface area contributed by atoms with Crippen LogP contribution in [0.3, 0.4) is 0 Å². The van der Waals surface area contributed by atoms with E-state index in [0.717, 1.165) is 6.42 Å². The molecule has 0 saturated heterocycles. The molecule has 0 saturated carbocycles. The zero-order valence-electron chi connectivity index (χ0n) is 11.0. The lowest BCUT2D eigenvalue weighted by atomic mass is 9.92. The summed E-state index contributed by atoms with van der Waals surface area (Å²) in [6.45, 7) is 4.37. The van der Waals surface area contributed by atoms with Gasteiger partial charge in [0, 0.05) is 0 Å². The molecule has 90 valence electrons. The van der Waals surface area contributed by atoms with Crippen molar-refractivity contribution in [2.45, 2.75) is 26.2 Å². The molecular weight excluding hydrogens is 216 g/mol. The fraction of sp³-hybridized carbons (Fsp3) is 0.222. The van der Waals surface area contributed by atoms with Gasteiger partial charge in [0.15, 0.2) is 0 Å². The monoisotopic (exact) mass is 234 g/mol. The number of hydrogen-bond acceptors (Lipinski definition) is 0. The molecule has 3 rings (SSSR count). The maximum Gasteiger partial charge on any atom is -0.000748 e. The van der Waals surface area contributed by atoms with Gasteiger partial charge in [-0.15, -0.1) is 0 Å². The maximum absolute atomic E-state index is 2.28. The number of hydrogen-bond donors (Lipinski definition) is 0. The van der Waals surface area contributed by atoms with Crippen molar-refractivity contribution in [3.8, 4) is 11.1 Å². The third-order valence-electron chi connectivity index (χ3n) is 3.86. The predicted octanol–water partition coefficient (Wildman–Crippen LogP) is 4.94. The number of rotatable bonds is 2. The molecule has 0 spiro atoms. The molecule has 0 amide bonds. The van der Waals surface area contributed by atoms with E-state index in [1.807, 2.05) is 0 Å². The lowest BCUT2D eigenvalue weighted by Crippen LogP contribution is -1.95. The highest BCUT2D eigenvalue weighted by Gasteiger charge is 2.21. The van der Waals surface area contributed by atoms with Crippen LogP contribution in [0.25, 0.3) is 11.1 Å². The summed E-state index contributed by atoms with van der Waals surface area (Å²) in [5.74, 6) is 0.499. The van der Waals surface area contributed by atoms with Crippen LogP contribution in [-0.4, -0.2) is 0 Å². The normalized spacial score (nSPS) is 14.6. The molecule has 1 aliphatic rings. The van der Waals surface area contributed by atoms with Gasteiger partial charge < -0.3 is 0 Å². The Balaban J connectivity index is 2.14. The molecule has 0 aromatic heterocycles. The molecule has 0 heterocycles. The van der Waals surface area contributed by atoms with Crippen LogP contribution in [0.5, 0.6) is 0 Å². The fourth-order valence-corrected chi connectivity index (χ4v) is 3.00. The van der Waals surface area contributed by atoms with Gasteiger partial charge in [-0.05, 0) is 47.1 Å². The van der Waals surface area contributed by atoms with E-state index in [0.29, 0.717) is 5.92 Å². The second-order valence-corrected chi connectivity index (χ2v) is 5.02. The number of benzene rings is 2. The van der Waals surface area contributed by atoms with E-state index < -0.39 is 0 Å². The van der Waals surface area contributed by atoms with Crippen molar-refractivity contribution >= 4 is 0 Å². The molecule has 0 aliphatic heterocycles. The van der Waals surface area contributed by atoms with Crippen molar-refractivity contribution in [3.63, 3.8) is 0 Å². The second kappa shape index (κ2) is 4.45. The van der Waals surface area contributed by atoms with Gasteiger partial charge in [0.05, 0.1) is 0 Å². The molecule has 1 unspecified atom stereocenters. The molecule has 0 heteroatoms. The first kappa shape index (κ1) is 11.3. The minimum atomic E-state index is 0.499. The van der Waals surface area contributed by atoms with Gasteiger partial charge in [0.2, 0.25) is 0 Å². The van der Waals surface area contributed by atoms with Crippen molar-refractivity contribution in [2.75, 3.05) is 0 Å². The van der Waals surface area contributed by atoms with Crippen LogP contribution in [0, 0.1) is 0 Å². The van der Waals surface area contributed by atoms with Crippen LogP contribution in [-0.2, 0) is 6.42 Å². The third-order valence-corrected chi connectivity index (χ3v) is 3.86. The molecule has 1 aliphatic carbocycles. The largest absolute Gasteiger partial charge is 0.0911 e. The average Bonchev–Trinajstić information content (AvgIpc) is 2.77. The van der Waals surface area contributed by atoms with Gasteiger partial charge in [0.1, 0.15) is 0 Å². The molecule has 2 aromatic rings. The van der Waals surface area contributed by atoms with Gasteiger partial charge in [-0.2, -0.15) is 0 Å². The summed E-state index contributed by atoms with van der Waals surface area (Å²) in [5, 5.41) is 0. The first-order valence-electron chi connectivity index (χ1n) is 6.64. The Labute approximate surface area is 109 Å². The topological polar surface area (TPSA) is 0 Å². The van der Waals surface area contributed by atoms with Gasteiger partial charge in [-0.3, -0.25) is 0 Å². The van der Waals surface area contributed by atoms with Crippen molar-refractivity contribution in [2.24, 2.45) is 0 Å². The Hall–Kier alpha value is -1.82. The Morgan fingerprint density at radius 3 is 2.61 bits per heavy atom. The summed E-state index contributed by atoms with van der Waals surface area (Å²) in [4.78, 5) is 0. The molecule has 2 aromatic carbocycles. The molecule has 0 bridgehead atoms. The Kier molecular flexibility index (Phi) is 2.79. The highest BCUT2D eigenvalue weighted by atomic mass is 14.2. The fourth-order valence-electron chi connectivity index (χ4n) is 3.00. The van der Waals surface area contributed by atoms with Crippen LogP contribution in [0.1, 0.15) is 36.5 Å². The minimum Gasteiger partial charge on any atom is -0.0911 e. The SMILES string of the molecule is CC=CC(C)c1cccc2c1Cc1ccccc1-2.